The van der Waals surface area contributed by atoms with E-state index >= 15 is 0 Å². The molecule has 3 aromatic rings. The van der Waals surface area contributed by atoms with Crippen LogP contribution in [0.4, 0.5) is 5.95 Å². The summed E-state index contributed by atoms with van der Waals surface area (Å²) >= 11 is 0. The van der Waals surface area contributed by atoms with E-state index in [1.807, 2.05) is 12.1 Å². The summed E-state index contributed by atoms with van der Waals surface area (Å²) in [6, 6.07) is 12.0. The second kappa shape index (κ2) is 6.48. The van der Waals surface area contributed by atoms with Crippen LogP contribution in [0.25, 0.3) is 0 Å². The number of benzene rings is 1. The van der Waals surface area contributed by atoms with Crippen LogP contribution in [-0.4, -0.2) is 20.5 Å². The van der Waals surface area contributed by atoms with Crippen LogP contribution in [-0.2, 0) is 4.79 Å². The molecule has 0 bridgehead atoms. The summed E-state index contributed by atoms with van der Waals surface area (Å²) in [6.07, 6.45) is 5.77. The van der Waals surface area contributed by atoms with Gasteiger partial charge in [0.2, 0.25) is 5.95 Å². The highest BCUT2D eigenvalue weighted by Crippen LogP contribution is 2.44. The average Bonchev–Trinajstić information content (AvgIpc) is 3.38. The van der Waals surface area contributed by atoms with Crippen molar-refractivity contribution in [3.8, 4) is 0 Å². The van der Waals surface area contributed by atoms with E-state index in [4.69, 9.17) is 4.42 Å². The number of hydrogen-bond donors (Lipinski definition) is 1. The van der Waals surface area contributed by atoms with Crippen molar-refractivity contribution in [1.29, 1.82) is 0 Å². The van der Waals surface area contributed by atoms with Crippen LogP contribution in [0.2, 0.25) is 0 Å². The van der Waals surface area contributed by atoms with Gasteiger partial charge >= 0.3 is 0 Å². The fourth-order valence-corrected chi connectivity index (χ4v) is 4.26. The first-order chi connectivity index (χ1) is 13.6. The quantitative estimate of drug-likeness (QED) is 0.741. The number of carbonyl (C=O) groups is 1. The molecule has 3 atom stereocenters. The molecular formula is C22H22N4O2. The molecule has 6 nitrogen and oxygen atoms in total. The van der Waals surface area contributed by atoms with Crippen molar-refractivity contribution in [2.75, 3.05) is 5.32 Å². The van der Waals surface area contributed by atoms with Gasteiger partial charge in [0.1, 0.15) is 23.9 Å². The first kappa shape index (κ1) is 17.0. The monoisotopic (exact) mass is 374 g/mol. The number of allylic oxidation sites excluding steroid dienone is 2. The van der Waals surface area contributed by atoms with Crippen LogP contribution >= 0.6 is 0 Å². The number of furan rings is 1. The van der Waals surface area contributed by atoms with Gasteiger partial charge in [-0.1, -0.05) is 44.2 Å². The summed E-state index contributed by atoms with van der Waals surface area (Å²) in [6.45, 7) is 4.37. The smallest absolute Gasteiger partial charge is 0.226 e. The van der Waals surface area contributed by atoms with Crippen molar-refractivity contribution in [3.05, 3.63) is 77.6 Å². The fourth-order valence-electron chi connectivity index (χ4n) is 4.26. The highest BCUT2D eigenvalue weighted by molar-refractivity contribution is 5.88. The number of anilines is 1. The zero-order chi connectivity index (χ0) is 19.3. The molecule has 2 aromatic heterocycles. The van der Waals surface area contributed by atoms with Crippen LogP contribution in [0, 0.1) is 5.92 Å². The predicted molar refractivity (Wildman–Crippen MR) is 105 cm³/mol. The molecule has 0 spiro atoms. The van der Waals surface area contributed by atoms with Crippen LogP contribution in [0.15, 0.2) is 65.2 Å². The van der Waals surface area contributed by atoms with Crippen molar-refractivity contribution in [3.63, 3.8) is 0 Å². The maximum absolute atomic E-state index is 13.2. The molecule has 1 aliphatic carbocycles. The Morgan fingerprint density at radius 2 is 2.04 bits per heavy atom. The van der Waals surface area contributed by atoms with E-state index in [1.54, 1.807) is 10.9 Å². The van der Waals surface area contributed by atoms with Gasteiger partial charge in [0.05, 0.1) is 12.2 Å². The standard InChI is InChI=1S/C22H22N4O2/c1-13(2)14-5-7-15(8-6-14)16-10-17-20(18(27)11-16)21(19-4-3-9-28-19)26-22(25-17)23-12-24-26/h3-10,12-13,16,20-21H,11H2,1-2H3,(H,23,24,25)/t16-,20-,21+/m0/s1. The number of nitrogens with zero attached hydrogens (tertiary/aromatic N) is 3. The molecule has 3 heterocycles. The van der Waals surface area contributed by atoms with Gasteiger partial charge in [-0.05, 0) is 29.2 Å². The molecule has 0 saturated carbocycles. The molecule has 0 saturated heterocycles. The summed E-state index contributed by atoms with van der Waals surface area (Å²) in [5.41, 5.74) is 3.35. The molecule has 0 amide bonds. The number of carbonyl (C=O) groups excluding carboxylic acids is 1. The average molecular weight is 374 g/mol. The summed E-state index contributed by atoms with van der Waals surface area (Å²) in [5, 5.41) is 7.65. The Bertz CT molecular complexity index is 1030. The molecule has 5 rings (SSSR count). The predicted octanol–water partition coefficient (Wildman–Crippen LogP) is 4.27. The number of hydrogen-bond acceptors (Lipinski definition) is 5. The Balaban J connectivity index is 1.55. The molecular weight excluding hydrogens is 352 g/mol. The van der Waals surface area contributed by atoms with E-state index in [0.717, 1.165) is 17.0 Å². The van der Waals surface area contributed by atoms with Gasteiger partial charge in [0, 0.05) is 18.0 Å². The largest absolute Gasteiger partial charge is 0.467 e. The highest BCUT2D eigenvalue weighted by Gasteiger charge is 2.44. The van der Waals surface area contributed by atoms with Crippen molar-refractivity contribution >= 4 is 11.7 Å². The van der Waals surface area contributed by atoms with Gasteiger partial charge in [-0.15, -0.1) is 0 Å². The summed E-state index contributed by atoms with van der Waals surface area (Å²) < 4.78 is 7.39. The van der Waals surface area contributed by atoms with Crippen molar-refractivity contribution in [2.24, 2.45) is 5.92 Å². The number of nitrogens with one attached hydrogen (secondary N) is 1. The molecule has 0 radical (unpaired) electrons. The van der Waals surface area contributed by atoms with Crippen molar-refractivity contribution in [2.45, 2.75) is 38.1 Å². The molecule has 1 aliphatic heterocycles. The Kier molecular flexibility index (Phi) is 3.93. The maximum Gasteiger partial charge on any atom is 0.226 e. The van der Waals surface area contributed by atoms with Gasteiger partial charge in [-0.3, -0.25) is 4.79 Å². The SMILES string of the molecule is CC(C)c1ccc([C@H]2C=C3Nc4ncnn4[C@H](c4ccco4)[C@@H]3C(=O)C2)cc1. The molecule has 0 fully saturated rings. The second-order valence-corrected chi connectivity index (χ2v) is 7.81. The topological polar surface area (TPSA) is 73.0 Å². The van der Waals surface area contributed by atoms with E-state index in [9.17, 15) is 4.79 Å². The summed E-state index contributed by atoms with van der Waals surface area (Å²) in [4.78, 5) is 17.5. The maximum atomic E-state index is 13.2. The lowest BCUT2D eigenvalue weighted by molar-refractivity contribution is -0.123. The van der Waals surface area contributed by atoms with Crippen molar-refractivity contribution < 1.29 is 9.21 Å². The lowest BCUT2D eigenvalue weighted by Gasteiger charge is -2.36. The zero-order valence-electron chi connectivity index (χ0n) is 15.9. The molecule has 6 heteroatoms. The van der Waals surface area contributed by atoms with Gasteiger partial charge < -0.3 is 9.73 Å². The van der Waals surface area contributed by atoms with E-state index in [0.29, 0.717) is 18.3 Å². The molecule has 1 aromatic carbocycles. The van der Waals surface area contributed by atoms with Gasteiger partial charge in [-0.2, -0.15) is 10.1 Å². The number of ketones is 1. The minimum Gasteiger partial charge on any atom is -0.467 e. The van der Waals surface area contributed by atoms with Crippen LogP contribution < -0.4 is 5.32 Å². The van der Waals surface area contributed by atoms with Gasteiger partial charge in [0.15, 0.2) is 0 Å². The summed E-state index contributed by atoms with van der Waals surface area (Å²) in [7, 11) is 0. The Morgan fingerprint density at radius 1 is 1.21 bits per heavy atom. The normalized spacial score (nSPS) is 23.8. The van der Waals surface area contributed by atoms with Gasteiger partial charge in [0.25, 0.3) is 0 Å². The van der Waals surface area contributed by atoms with E-state index in [2.05, 4.69) is 59.6 Å². The third-order valence-corrected chi connectivity index (χ3v) is 5.76. The van der Waals surface area contributed by atoms with Crippen LogP contribution in [0.3, 0.4) is 0 Å². The van der Waals surface area contributed by atoms with Gasteiger partial charge in [-0.25, -0.2) is 4.68 Å². The Labute approximate surface area is 163 Å². The number of rotatable bonds is 3. The third-order valence-electron chi connectivity index (χ3n) is 5.76. The third kappa shape index (κ3) is 2.68. The molecule has 142 valence electrons. The minimum absolute atomic E-state index is 0.0548. The number of aromatic nitrogens is 3. The second-order valence-electron chi connectivity index (χ2n) is 7.81. The van der Waals surface area contributed by atoms with Crippen LogP contribution in [0.5, 0.6) is 0 Å². The number of fused-ring (bicyclic) bond motifs is 2. The van der Waals surface area contributed by atoms with E-state index < -0.39 is 0 Å². The summed E-state index contributed by atoms with van der Waals surface area (Å²) in [5.74, 6) is 1.74. The first-order valence-electron chi connectivity index (χ1n) is 9.66. The molecule has 28 heavy (non-hydrogen) atoms. The highest BCUT2D eigenvalue weighted by atomic mass is 16.3. The zero-order valence-corrected chi connectivity index (χ0v) is 15.9. The van der Waals surface area contributed by atoms with Crippen LogP contribution in [0.1, 0.15) is 55.0 Å². The Morgan fingerprint density at radius 3 is 2.75 bits per heavy atom. The van der Waals surface area contributed by atoms with Crippen molar-refractivity contribution in [1.82, 2.24) is 14.8 Å². The lowest BCUT2D eigenvalue weighted by atomic mass is 9.76. The fraction of sp³-hybridized carbons (Fsp3) is 0.318. The number of Topliss-reactive ketones (excluding diaryl/α,β-unsaturated/α-hetero) is 1. The molecule has 0 unspecified atom stereocenters. The minimum atomic E-state index is -0.341. The molecule has 1 N–H and O–H groups in total. The Hall–Kier alpha value is -3.15. The molecule has 2 aliphatic rings. The van der Waals surface area contributed by atoms with E-state index in [1.165, 1.54) is 11.9 Å². The lowest BCUT2D eigenvalue weighted by Crippen LogP contribution is -2.39. The first-order valence-corrected chi connectivity index (χ1v) is 9.66. The van der Waals surface area contributed by atoms with E-state index in [-0.39, 0.29) is 23.7 Å².